The summed E-state index contributed by atoms with van der Waals surface area (Å²) in [6.45, 7) is 11.0. The Morgan fingerprint density at radius 3 is 2.67 bits per heavy atom. The van der Waals surface area contributed by atoms with Gasteiger partial charge in [-0.2, -0.15) is 0 Å². The third-order valence-corrected chi connectivity index (χ3v) is 5.33. The van der Waals surface area contributed by atoms with Crippen LogP contribution < -0.4 is 0 Å². The molecule has 0 aliphatic carbocycles. The molecule has 3 saturated heterocycles. The lowest BCUT2D eigenvalue weighted by Gasteiger charge is -2.32. The fourth-order valence-corrected chi connectivity index (χ4v) is 4.27. The van der Waals surface area contributed by atoms with Gasteiger partial charge in [-0.25, -0.2) is 0 Å². The molecule has 6 nitrogen and oxygen atoms in total. The molecular weight excluding hydrogens is 306 g/mol. The first-order valence-electron chi connectivity index (χ1n) is 9.33. The van der Waals surface area contributed by atoms with Gasteiger partial charge in [-0.3, -0.25) is 14.5 Å². The van der Waals surface area contributed by atoms with E-state index in [4.69, 9.17) is 4.74 Å². The quantitative estimate of drug-likeness (QED) is 0.762. The van der Waals surface area contributed by atoms with Gasteiger partial charge in [0.2, 0.25) is 11.8 Å². The van der Waals surface area contributed by atoms with Crippen LogP contribution in [0.15, 0.2) is 0 Å². The zero-order valence-corrected chi connectivity index (χ0v) is 15.1. The van der Waals surface area contributed by atoms with Crippen LogP contribution in [0.1, 0.15) is 33.1 Å². The second kappa shape index (κ2) is 7.40. The lowest BCUT2D eigenvalue weighted by molar-refractivity contribution is -0.131. The number of hydrogen-bond acceptors (Lipinski definition) is 4. The SMILES string of the molecule is CC(C)CN1CC2(COCCN(CC(=O)N3CCCC3)C2)CC1=O. The van der Waals surface area contributed by atoms with Gasteiger partial charge in [-0.05, 0) is 18.8 Å². The van der Waals surface area contributed by atoms with Crippen molar-refractivity contribution in [2.75, 3.05) is 59.0 Å². The number of ether oxygens (including phenoxy) is 1. The average molecular weight is 337 g/mol. The maximum absolute atomic E-state index is 12.5. The summed E-state index contributed by atoms with van der Waals surface area (Å²) in [5.41, 5.74) is -0.145. The number of carbonyl (C=O) groups excluding carboxylic acids is 2. The Labute approximate surface area is 145 Å². The van der Waals surface area contributed by atoms with E-state index >= 15 is 0 Å². The summed E-state index contributed by atoms with van der Waals surface area (Å²) < 4.78 is 5.83. The Morgan fingerprint density at radius 2 is 1.96 bits per heavy atom. The molecule has 0 aromatic carbocycles. The van der Waals surface area contributed by atoms with Gasteiger partial charge in [0, 0.05) is 51.1 Å². The average Bonchev–Trinajstić information content (AvgIpc) is 3.08. The molecule has 1 spiro atoms. The first kappa shape index (κ1) is 17.7. The Kier molecular flexibility index (Phi) is 5.45. The van der Waals surface area contributed by atoms with Crippen LogP contribution >= 0.6 is 0 Å². The molecule has 3 fully saturated rings. The van der Waals surface area contributed by atoms with Gasteiger partial charge in [-0.15, -0.1) is 0 Å². The molecule has 0 saturated carbocycles. The van der Waals surface area contributed by atoms with Gasteiger partial charge in [0.1, 0.15) is 0 Å². The van der Waals surface area contributed by atoms with E-state index in [9.17, 15) is 9.59 Å². The van der Waals surface area contributed by atoms with Gasteiger partial charge < -0.3 is 14.5 Å². The van der Waals surface area contributed by atoms with Crippen molar-refractivity contribution in [2.45, 2.75) is 33.1 Å². The van der Waals surface area contributed by atoms with E-state index in [0.717, 1.165) is 52.1 Å². The van der Waals surface area contributed by atoms with E-state index in [-0.39, 0.29) is 17.2 Å². The molecule has 0 aromatic rings. The van der Waals surface area contributed by atoms with E-state index < -0.39 is 0 Å². The van der Waals surface area contributed by atoms with E-state index in [1.807, 2.05) is 9.80 Å². The Bertz CT molecular complexity index is 476. The zero-order chi connectivity index (χ0) is 17.2. The largest absolute Gasteiger partial charge is 0.379 e. The minimum Gasteiger partial charge on any atom is -0.379 e. The molecule has 136 valence electrons. The normalized spacial score (nSPS) is 29.0. The van der Waals surface area contributed by atoms with Crippen molar-refractivity contribution < 1.29 is 14.3 Å². The lowest BCUT2D eigenvalue weighted by atomic mass is 9.87. The van der Waals surface area contributed by atoms with Crippen molar-refractivity contribution in [1.29, 1.82) is 0 Å². The van der Waals surface area contributed by atoms with E-state index in [0.29, 0.717) is 32.1 Å². The number of nitrogens with zero attached hydrogens (tertiary/aromatic N) is 3. The lowest BCUT2D eigenvalue weighted by Crippen LogP contribution is -2.45. The van der Waals surface area contributed by atoms with Crippen molar-refractivity contribution >= 4 is 11.8 Å². The molecule has 3 aliphatic rings. The maximum Gasteiger partial charge on any atom is 0.236 e. The van der Waals surface area contributed by atoms with Crippen molar-refractivity contribution in [3.63, 3.8) is 0 Å². The first-order valence-corrected chi connectivity index (χ1v) is 9.33. The highest BCUT2D eigenvalue weighted by atomic mass is 16.5. The third-order valence-electron chi connectivity index (χ3n) is 5.33. The van der Waals surface area contributed by atoms with Crippen LogP contribution in [0, 0.1) is 11.3 Å². The summed E-state index contributed by atoms with van der Waals surface area (Å²) in [5, 5.41) is 0. The topological polar surface area (TPSA) is 53.1 Å². The smallest absolute Gasteiger partial charge is 0.236 e. The van der Waals surface area contributed by atoms with Crippen LogP contribution in [0.3, 0.4) is 0 Å². The monoisotopic (exact) mass is 337 g/mol. The molecule has 6 heteroatoms. The first-order chi connectivity index (χ1) is 11.5. The minimum atomic E-state index is -0.145. The van der Waals surface area contributed by atoms with Crippen molar-refractivity contribution in [1.82, 2.24) is 14.7 Å². The van der Waals surface area contributed by atoms with Crippen LogP contribution in [0.5, 0.6) is 0 Å². The molecular formula is C18H31N3O3. The Morgan fingerprint density at radius 1 is 1.21 bits per heavy atom. The predicted octanol–water partition coefficient (Wildman–Crippen LogP) is 0.816. The number of carbonyl (C=O) groups is 2. The summed E-state index contributed by atoms with van der Waals surface area (Å²) in [6.07, 6.45) is 2.79. The molecule has 3 aliphatic heterocycles. The van der Waals surface area contributed by atoms with Crippen LogP contribution in [-0.2, 0) is 14.3 Å². The molecule has 1 unspecified atom stereocenters. The minimum absolute atomic E-state index is 0.145. The van der Waals surface area contributed by atoms with Gasteiger partial charge in [0.05, 0.1) is 19.8 Å². The fourth-order valence-electron chi connectivity index (χ4n) is 4.27. The summed E-state index contributed by atoms with van der Waals surface area (Å²) >= 11 is 0. The summed E-state index contributed by atoms with van der Waals surface area (Å²) in [7, 11) is 0. The number of rotatable bonds is 4. The van der Waals surface area contributed by atoms with E-state index in [2.05, 4.69) is 18.7 Å². The molecule has 2 amide bonds. The molecule has 0 bridgehead atoms. The number of likely N-dealkylation sites (tertiary alicyclic amines) is 2. The maximum atomic E-state index is 12.5. The van der Waals surface area contributed by atoms with E-state index in [1.54, 1.807) is 0 Å². The Hall–Kier alpha value is -1.14. The highest BCUT2D eigenvalue weighted by molar-refractivity contribution is 5.80. The van der Waals surface area contributed by atoms with Gasteiger partial charge >= 0.3 is 0 Å². The van der Waals surface area contributed by atoms with Crippen LogP contribution in [0.4, 0.5) is 0 Å². The van der Waals surface area contributed by atoms with Gasteiger partial charge in [0.25, 0.3) is 0 Å². The standard InChI is InChI=1S/C18H31N3O3/c1-15(2)10-21-13-18(9-16(21)22)12-19(7-8-24-14-18)11-17(23)20-5-3-4-6-20/h15H,3-14H2,1-2H3. The summed E-state index contributed by atoms with van der Waals surface area (Å²) in [6, 6.07) is 0. The predicted molar refractivity (Wildman–Crippen MR) is 91.5 cm³/mol. The second-order valence-electron chi connectivity index (χ2n) is 8.20. The second-order valence-corrected chi connectivity index (χ2v) is 8.20. The highest BCUT2D eigenvalue weighted by Gasteiger charge is 2.45. The van der Waals surface area contributed by atoms with Crippen LogP contribution in [-0.4, -0.2) is 85.5 Å². The fraction of sp³-hybridized carbons (Fsp3) is 0.889. The molecule has 3 rings (SSSR count). The number of hydrogen-bond donors (Lipinski definition) is 0. The van der Waals surface area contributed by atoms with Crippen LogP contribution in [0.25, 0.3) is 0 Å². The zero-order valence-electron chi connectivity index (χ0n) is 15.1. The molecule has 0 radical (unpaired) electrons. The summed E-state index contributed by atoms with van der Waals surface area (Å²) in [4.78, 5) is 31.0. The van der Waals surface area contributed by atoms with E-state index in [1.165, 1.54) is 0 Å². The third kappa shape index (κ3) is 4.09. The molecule has 24 heavy (non-hydrogen) atoms. The van der Waals surface area contributed by atoms with Crippen molar-refractivity contribution in [3.05, 3.63) is 0 Å². The van der Waals surface area contributed by atoms with Crippen molar-refractivity contribution in [2.24, 2.45) is 11.3 Å². The summed E-state index contributed by atoms with van der Waals surface area (Å²) in [5.74, 6) is 0.941. The van der Waals surface area contributed by atoms with Gasteiger partial charge in [-0.1, -0.05) is 13.8 Å². The Balaban J connectivity index is 1.62. The highest BCUT2D eigenvalue weighted by Crippen LogP contribution is 2.34. The van der Waals surface area contributed by atoms with Gasteiger partial charge in [0.15, 0.2) is 0 Å². The molecule has 1 atom stereocenters. The number of amides is 2. The molecule has 0 aromatic heterocycles. The molecule has 0 N–H and O–H groups in total. The van der Waals surface area contributed by atoms with Crippen molar-refractivity contribution in [3.8, 4) is 0 Å². The molecule has 3 heterocycles. The van der Waals surface area contributed by atoms with Crippen LogP contribution in [0.2, 0.25) is 0 Å².